The van der Waals surface area contributed by atoms with Crippen LogP contribution in [-0.2, 0) is 9.59 Å². The Morgan fingerprint density at radius 2 is 1.52 bits per heavy atom. The largest absolute Gasteiger partial charge is 0.351 e. The molecule has 0 aromatic carbocycles. The van der Waals surface area contributed by atoms with Crippen molar-refractivity contribution in [1.29, 1.82) is 0 Å². The van der Waals surface area contributed by atoms with Gasteiger partial charge < -0.3 is 10.2 Å². The number of halogens is 4. The van der Waals surface area contributed by atoms with Gasteiger partial charge in [-0.1, -0.05) is 13.3 Å². The van der Waals surface area contributed by atoms with Gasteiger partial charge in [-0.3, -0.25) is 9.59 Å². The molecule has 2 saturated carbocycles. The summed E-state index contributed by atoms with van der Waals surface area (Å²) in [6.45, 7) is 3.87. The zero-order valence-electron chi connectivity index (χ0n) is 14.7. The van der Waals surface area contributed by atoms with Crippen molar-refractivity contribution in [2.45, 2.75) is 71.3 Å². The summed E-state index contributed by atoms with van der Waals surface area (Å²) in [7, 11) is 0. The summed E-state index contributed by atoms with van der Waals surface area (Å²) >= 11 is 0. The van der Waals surface area contributed by atoms with Crippen LogP contribution in [0.3, 0.4) is 0 Å². The molecule has 0 aliphatic heterocycles. The molecule has 0 bridgehead atoms. The monoisotopic (exact) mass is 366 g/mol. The topological polar surface area (TPSA) is 49.4 Å². The molecular formula is C17H26F4N2O2. The summed E-state index contributed by atoms with van der Waals surface area (Å²) in [6, 6.07) is -0.508. The molecule has 0 unspecified atom stereocenters. The van der Waals surface area contributed by atoms with Crippen LogP contribution < -0.4 is 5.32 Å². The molecule has 4 nitrogen and oxygen atoms in total. The second kappa shape index (κ2) is 7.50. The highest BCUT2D eigenvalue weighted by atomic mass is 19.3. The van der Waals surface area contributed by atoms with Crippen LogP contribution in [0.1, 0.15) is 52.4 Å². The Hall–Kier alpha value is -1.34. The van der Waals surface area contributed by atoms with Gasteiger partial charge in [0, 0.05) is 19.1 Å². The third kappa shape index (κ3) is 3.92. The van der Waals surface area contributed by atoms with Crippen LogP contribution in [0, 0.1) is 10.8 Å². The smallest absolute Gasteiger partial charge is 0.252 e. The first-order valence-electron chi connectivity index (χ1n) is 8.90. The van der Waals surface area contributed by atoms with Gasteiger partial charge in [-0.2, -0.15) is 0 Å². The fourth-order valence-electron chi connectivity index (χ4n) is 3.16. The number of carbonyl (C=O) groups is 2. The lowest BCUT2D eigenvalue weighted by molar-refractivity contribution is -0.144. The summed E-state index contributed by atoms with van der Waals surface area (Å²) in [5, 5.41) is 2.62. The third-order valence-electron chi connectivity index (χ3n) is 5.37. The zero-order chi connectivity index (χ0) is 18.8. The van der Waals surface area contributed by atoms with Crippen LogP contribution in [0.4, 0.5) is 17.6 Å². The number of nitrogens with zero attached hydrogens (tertiary/aromatic N) is 1. The van der Waals surface area contributed by atoms with Gasteiger partial charge >= 0.3 is 0 Å². The fourth-order valence-corrected chi connectivity index (χ4v) is 3.16. The van der Waals surface area contributed by atoms with E-state index in [2.05, 4.69) is 5.32 Å². The first-order valence-corrected chi connectivity index (χ1v) is 8.90. The Kier molecular flexibility index (Phi) is 5.99. The molecule has 0 aromatic rings. The minimum absolute atomic E-state index is 0.0721. The van der Waals surface area contributed by atoms with Crippen LogP contribution in [0.2, 0.25) is 0 Å². The van der Waals surface area contributed by atoms with E-state index in [1.165, 1.54) is 4.90 Å². The highest BCUT2D eigenvalue weighted by Crippen LogP contribution is 2.52. The van der Waals surface area contributed by atoms with Crippen molar-refractivity contribution in [3.63, 3.8) is 0 Å². The van der Waals surface area contributed by atoms with Crippen molar-refractivity contribution in [2.75, 3.05) is 13.1 Å². The fraction of sp³-hybridized carbons (Fsp3) is 0.882. The molecule has 0 spiro atoms. The van der Waals surface area contributed by atoms with Gasteiger partial charge in [0.05, 0.1) is 0 Å². The lowest BCUT2D eigenvalue weighted by atomic mass is 10.0. The maximum absolute atomic E-state index is 13.2. The number of nitrogens with one attached hydrogen (secondary N) is 1. The lowest BCUT2D eigenvalue weighted by Crippen LogP contribution is -2.50. The number of alkyl halides is 4. The Labute approximate surface area is 145 Å². The molecule has 0 aromatic heterocycles. The molecule has 1 atom stereocenters. The quantitative estimate of drug-likeness (QED) is 0.604. The van der Waals surface area contributed by atoms with E-state index in [1.807, 2.05) is 6.92 Å². The number of amides is 2. The number of likely N-dealkylation sites (N-methyl/N-ethyl adjacent to an activating group) is 1. The molecule has 2 fully saturated rings. The zero-order valence-corrected chi connectivity index (χ0v) is 14.7. The highest BCUT2D eigenvalue weighted by molar-refractivity contribution is 5.87. The van der Waals surface area contributed by atoms with Crippen molar-refractivity contribution >= 4 is 11.8 Å². The van der Waals surface area contributed by atoms with Gasteiger partial charge in [0.2, 0.25) is 11.8 Å². The van der Waals surface area contributed by atoms with Crippen LogP contribution in [0.15, 0.2) is 0 Å². The van der Waals surface area contributed by atoms with Gasteiger partial charge in [0.25, 0.3) is 12.9 Å². The van der Waals surface area contributed by atoms with Crippen LogP contribution in [0.5, 0.6) is 0 Å². The summed E-state index contributed by atoms with van der Waals surface area (Å²) in [6.07, 6.45) is -3.61. The summed E-state index contributed by atoms with van der Waals surface area (Å²) in [4.78, 5) is 26.0. The maximum atomic E-state index is 13.2. The van der Waals surface area contributed by atoms with Crippen LogP contribution in [0.25, 0.3) is 0 Å². The molecule has 0 saturated heterocycles. The second-order valence-electron chi connectivity index (χ2n) is 7.22. The van der Waals surface area contributed by atoms with Gasteiger partial charge in [-0.25, -0.2) is 17.6 Å². The first kappa shape index (κ1) is 20.0. The molecule has 2 amide bonds. The minimum Gasteiger partial charge on any atom is -0.351 e. The maximum Gasteiger partial charge on any atom is 0.252 e. The Morgan fingerprint density at radius 1 is 1.00 bits per heavy atom. The first-order chi connectivity index (χ1) is 11.7. The number of rotatable bonds is 10. The SMILES string of the molecule is CCC[C@@H](CN(CC)C(=O)C1(C(F)F)CC1)NC(=O)C1(C(F)F)CC1. The summed E-state index contributed by atoms with van der Waals surface area (Å²) in [5.41, 5.74) is -3.19. The number of carbonyl (C=O) groups excluding carboxylic acids is 2. The standard InChI is InChI=1S/C17H26F4N2O2/c1-3-5-11(22-14(24)16(6-7-16)12(18)19)10-23(4-2)15(25)17(8-9-17)13(20)21/h11-13H,3-10H2,1-2H3,(H,22,24)/t11-/m0/s1. The average Bonchev–Trinajstić information content (AvgIpc) is 3.45. The van der Waals surface area contributed by atoms with E-state index in [-0.39, 0.29) is 38.8 Å². The number of hydrogen-bond acceptors (Lipinski definition) is 2. The van der Waals surface area contributed by atoms with E-state index >= 15 is 0 Å². The van der Waals surface area contributed by atoms with Gasteiger partial charge in [0.15, 0.2) is 0 Å². The van der Waals surface area contributed by atoms with Gasteiger partial charge in [-0.15, -0.1) is 0 Å². The molecule has 2 rings (SSSR count). The van der Waals surface area contributed by atoms with Crippen LogP contribution >= 0.6 is 0 Å². The van der Waals surface area contributed by atoms with Crippen molar-refractivity contribution in [3.8, 4) is 0 Å². The predicted molar refractivity (Wildman–Crippen MR) is 84.4 cm³/mol. The lowest BCUT2D eigenvalue weighted by Gasteiger charge is -2.31. The predicted octanol–water partition coefficient (Wildman–Crippen LogP) is 3.21. The van der Waals surface area contributed by atoms with E-state index in [4.69, 9.17) is 0 Å². The van der Waals surface area contributed by atoms with Gasteiger partial charge in [0.1, 0.15) is 10.8 Å². The summed E-state index contributed by atoms with van der Waals surface area (Å²) < 4.78 is 52.5. The van der Waals surface area contributed by atoms with E-state index in [0.717, 1.165) is 0 Å². The van der Waals surface area contributed by atoms with E-state index < -0.39 is 41.5 Å². The molecule has 25 heavy (non-hydrogen) atoms. The second-order valence-corrected chi connectivity index (χ2v) is 7.22. The van der Waals surface area contributed by atoms with Crippen molar-refractivity contribution in [1.82, 2.24) is 10.2 Å². The van der Waals surface area contributed by atoms with Crippen molar-refractivity contribution in [3.05, 3.63) is 0 Å². The van der Waals surface area contributed by atoms with E-state index in [9.17, 15) is 27.2 Å². The minimum atomic E-state index is -2.72. The average molecular weight is 366 g/mol. The molecule has 2 aliphatic rings. The Morgan fingerprint density at radius 3 is 1.88 bits per heavy atom. The van der Waals surface area contributed by atoms with Gasteiger partial charge in [-0.05, 0) is 39.0 Å². The molecule has 0 radical (unpaired) electrons. The molecule has 2 aliphatic carbocycles. The van der Waals surface area contributed by atoms with Crippen molar-refractivity contribution < 1.29 is 27.2 Å². The Bertz CT molecular complexity index is 505. The molecule has 0 heterocycles. The van der Waals surface area contributed by atoms with Crippen molar-refractivity contribution in [2.24, 2.45) is 10.8 Å². The number of hydrogen-bond donors (Lipinski definition) is 1. The third-order valence-corrected chi connectivity index (χ3v) is 5.37. The van der Waals surface area contributed by atoms with E-state index in [1.54, 1.807) is 6.92 Å². The van der Waals surface area contributed by atoms with E-state index in [0.29, 0.717) is 12.8 Å². The van der Waals surface area contributed by atoms with Crippen LogP contribution in [-0.4, -0.2) is 48.7 Å². The summed E-state index contributed by atoms with van der Waals surface area (Å²) in [5.74, 6) is -1.30. The molecule has 144 valence electrons. The highest BCUT2D eigenvalue weighted by Gasteiger charge is 2.59. The molecule has 8 heteroatoms. The molecular weight excluding hydrogens is 340 g/mol. The Balaban J connectivity index is 2.02. The normalized spacial score (nSPS) is 21.1. The molecule has 1 N–H and O–H groups in total.